The molecule has 12 nitrogen and oxygen atoms in total. The molecule has 3 saturated heterocycles. The molecule has 2 aromatic heterocycles. The van der Waals surface area contributed by atoms with Crippen molar-refractivity contribution >= 4 is 41.2 Å². The molecule has 2 atom stereocenters. The normalized spacial score (nSPS) is 21.6. The van der Waals surface area contributed by atoms with E-state index in [9.17, 15) is 32.3 Å². The van der Waals surface area contributed by atoms with Gasteiger partial charge in [0.1, 0.15) is 16.9 Å². The number of nitrogens with zero attached hydrogens (tertiary/aromatic N) is 7. The fraction of sp³-hybridized carbons (Fsp3) is 0.444. The first kappa shape index (κ1) is 37.2. The maximum atomic E-state index is 14.8. The largest absolute Gasteiger partial charge is 0.446 e. The zero-order chi connectivity index (χ0) is 37.4. The van der Waals surface area contributed by atoms with Gasteiger partial charge in [-0.1, -0.05) is 13.8 Å². The molecule has 5 heterocycles. The number of halogens is 3. The Hall–Kier alpha value is -4.54. The Kier molecular flexibility index (Phi) is 10.6. The van der Waals surface area contributed by atoms with Gasteiger partial charge in [0, 0.05) is 81.5 Å². The summed E-state index contributed by atoms with van der Waals surface area (Å²) in [6, 6.07) is 10.9. The molecule has 0 radical (unpaired) electrons. The highest BCUT2D eigenvalue weighted by molar-refractivity contribution is 8.00. The Morgan fingerprint density at radius 1 is 0.750 bits per heavy atom. The molecule has 1 aromatic carbocycles. The quantitative estimate of drug-likeness (QED) is 0.267. The molecule has 0 bridgehead atoms. The van der Waals surface area contributed by atoms with E-state index >= 15 is 0 Å². The monoisotopic (exact) mass is 738 g/mol. The number of aromatic nitrogens is 2. The number of pyridine rings is 2. The number of hydrogen-bond acceptors (Lipinski definition) is 9. The molecule has 2 unspecified atom stereocenters. The van der Waals surface area contributed by atoms with Crippen molar-refractivity contribution in [2.24, 2.45) is 0 Å². The van der Waals surface area contributed by atoms with Crippen LogP contribution >= 0.6 is 11.8 Å². The zero-order valence-corrected chi connectivity index (χ0v) is 30.2. The van der Waals surface area contributed by atoms with Gasteiger partial charge in [-0.15, -0.1) is 0 Å². The summed E-state index contributed by atoms with van der Waals surface area (Å²) in [5.74, 6) is -2.63. The lowest BCUT2D eigenvalue weighted by molar-refractivity contribution is -0.123. The maximum Gasteiger partial charge on any atom is 0.446 e. The first-order valence-electron chi connectivity index (χ1n) is 17.1. The predicted molar refractivity (Wildman–Crippen MR) is 189 cm³/mol. The zero-order valence-electron chi connectivity index (χ0n) is 29.4. The van der Waals surface area contributed by atoms with Crippen LogP contribution in [0.1, 0.15) is 57.8 Å². The highest BCUT2D eigenvalue weighted by Gasteiger charge is 2.59. The second-order valence-corrected chi connectivity index (χ2v) is 14.7. The topological polar surface area (TPSA) is 122 Å². The van der Waals surface area contributed by atoms with Crippen molar-refractivity contribution in [3.8, 4) is 0 Å². The Balaban J connectivity index is 1.37. The third-order valence-corrected chi connectivity index (χ3v) is 11.1. The number of rotatable bonds is 8. The van der Waals surface area contributed by atoms with Crippen LogP contribution in [0.15, 0.2) is 65.8 Å². The first-order valence-corrected chi connectivity index (χ1v) is 17.9. The van der Waals surface area contributed by atoms with Gasteiger partial charge in [-0.25, -0.2) is 9.69 Å². The molecule has 276 valence electrons. The summed E-state index contributed by atoms with van der Waals surface area (Å²) in [4.78, 5) is 73.1. The van der Waals surface area contributed by atoms with Crippen molar-refractivity contribution in [2.75, 3.05) is 71.4 Å². The summed E-state index contributed by atoms with van der Waals surface area (Å²) >= 11 is -0.297. The van der Waals surface area contributed by atoms with Crippen LogP contribution in [0.3, 0.4) is 0 Å². The number of thioether (sulfide) groups is 1. The Labute approximate surface area is 304 Å². The molecule has 3 aliphatic heterocycles. The van der Waals surface area contributed by atoms with E-state index in [0.717, 1.165) is 31.1 Å². The number of nitrogens with one attached hydrogen (secondary N) is 1. The minimum Gasteiger partial charge on any atom is -0.335 e. The highest BCUT2D eigenvalue weighted by Crippen LogP contribution is 2.45. The Bertz CT molecular complexity index is 1740. The van der Waals surface area contributed by atoms with Crippen molar-refractivity contribution in [2.45, 2.75) is 41.6 Å². The molecule has 1 N–H and O–H groups in total. The lowest BCUT2D eigenvalue weighted by Gasteiger charge is -2.39. The summed E-state index contributed by atoms with van der Waals surface area (Å²) in [5, 5.41) is 2.96. The van der Waals surface area contributed by atoms with Gasteiger partial charge < -0.3 is 24.9 Å². The molecular weight excluding hydrogens is 698 g/mol. The third-order valence-electron chi connectivity index (χ3n) is 10.4. The van der Waals surface area contributed by atoms with Crippen molar-refractivity contribution in [1.82, 2.24) is 34.9 Å². The molecule has 16 heteroatoms. The smallest absolute Gasteiger partial charge is 0.335 e. The van der Waals surface area contributed by atoms with Crippen LogP contribution in [0.5, 0.6) is 0 Å². The van der Waals surface area contributed by atoms with E-state index in [0.29, 0.717) is 37.3 Å². The van der Waals surface area contributed by atoms with Gasteiger partial charge in [0.2, 0.25) is 0 Å². The molecular formula is C36H41F3N8O4S. The number of piperazine rings is 2. The van der Waals surface area contributed by atoms with E-state index in [1.165, 1.54) is 36.7 Å². The van der Waals surface area contributed by atoms with Crippen molar-refractivity contribution in [3.05, 3.63) is 83.4 Å². The summed E-state index contributed by atoms with van der Waals surface area (Å²) in [6.45, 7) is 8.60. The van der Waals surface area contributed by atoms with Crippen LogP contribution in [0.25, 0.3) is 0 Å². The maximum absolute atomic E-state index is 14.8. The van der Waals surface area contributed by atoms with E-state index in [1.54, 1.807) is 47.9 Å². The predicted octanol–water partition coefficient (Wildman–Crippen LogP) is 4.27. The van der Waals surface area contributed by atoms with Crippen molar-refractivity contribution in [1.29, 1.82) is 0 Å². The van der Waals surface area contributed by atoms with Crippen LogP contribution in [0, 0.1) is 0 Å². The van der Waals surface area contributed by atoms with E-state index in [-0.39, 0.29) is 45.5 Å². The van der Waals surface area contributed by atoms with Gasteiger partial charge in [0.05, 0.1) is 5.69 Å². The summed E-state index contributed by atoms with van der Waals surface area (Å²) < 4.78 is 39.1. The standard InChI is InChI=1S/C36H41F3N8O4S/c1-23(25-9-11-40-29(21-25)31(48)45-17-13-43(3)14-18-45)35(24(2)26-10-12-41-30(22-26)32(49)46-19-15-44(4)16-20-46)33(50)47(34(51)42-35)27-5-7-28(8-6-27)52-36(37,38)39/h5-12,21-24H,13-20H2,1-4H3,(H,42,51). The highest BCUT2D eigenvalue weighted by atomic mass is 32.2. The Morgan fingerprint density at radius 2 is 1.19 bits per heavy atom. The van der Waals surface area contributed by atoms with Gasteiger partial charge in [-0.05, 0) is 85.5 Å². The van der Waals surface area contributed by atoms with E-state index in [1.807, 2.05) is 14.1 Å². The van der Waals surface area contributed by atoms with Crippen LogP contribution in [0.4, 0.5) is 23.7 Å². The van der Waals surface area contributed by atoms with E-state index in [2.05, 4.69) is 25.1 Å². The fourth-order valence-electron chi connectivity index (χ4n) is 7.09. The second-order valence-electron chi connectivity index (χ2n) is 13.6. The number of hydrogen-bond donors (Lipinski definition) is 1. The van der Waals surface area contributed by atoms with E-state index in [4.69, 9.17) is 0 Å². The second kappa shape index (κ2) is 14.8. The van der Waals surface area contributed by atoms with Gasteiger partial charge in [0.25, 0.3) is 17.7 Å². The summed E-state index contributed by atoms with van der Waals surface area (Å²) in [6.07, 6.45) is 3.01. The Morgan fingerprint density at radius 3 is 1.62 bits per heavy atom. The molecule has 0 spiro atoms. The molecule has 5 amide bonds. The van der Waals surface area contributed by atoms with Crippen molar-refractivity contribution < 1.29 is 32.3 Å². The van der Waals surface area contributed by atoms with Gasteiger partial charge >= 0.3 is 11.5 Å². The lowest BCUT2D eigenvalue weighted by Crippen LogP contribution is -2.55. The summed E-state index contributed by atoms with van der Waals surface area (Å²) in [7, 11) is 3.98. The molecule has 0 aliphatic carbocycles. The number of likely N-dealkylation sites (N-methyl/N-ethyl adjacent to an activating group) is 2. The minimum absolute atomic E-state index is 0.0941. The third kappa shape index (κ3) is 7.50. The van der Waals surface area contributed by atoms with Gasteiger partial charge in [-0.2, -0.15) is 13.2 Å². The molecule has 3 aliphatic rings. The van der Waals surface area contributed by atoms with Gasteiger partial charge in [-0.3, -0.25) is 24.4 Å². The number of anilines is 1. The number of imide groups is 1. The average Bonchev–Trinajstić information content (AvgIpc) is 3.40. The van der Waals surface area contributed by atoms with Crippen LogP contribution in [-0.2, 0) is 4.79 Å². The fourth-order valence-corrected chi connectivity index (χ4v) is 7.63. The lowest BCUT2D eigenvalue weighted by atomic mass is 9.69. The summed E-state index contributed by atoms with van der Waals surface area (Å²) in [5.41, 5.74) is -4.55. The number of carbonyl (C=O) groups excluding carboxylic acids is 4. The van der Waals surface area contributed by atoms with Crippen molar-refractivity contribution in [3.63, 3.8) is 0 Å². The van der Waals surface area contributed by atoms with Crippen LogP contribution in [-0.4, -0.2) is 131 Å². The number of amides is 5. The molecule has 3 fully saturated rings. The number of urea groups is 1. The number of benzene rings is 1. The molecule has 6 rings (SSSR count). The van der Waals surface area contributed by atoms with E-state index < -0.39 is 34.8 Å². The molecule has 0 saturated carbocycles. The molecule has 3 aromatic rings. The minimum atomic E-state index is -4.51. The number of carbonyl (C=O) groups is 4. The SMILES string of the molecule is CC(c1ccnc(C(=O)N2CCN(C)CC2)c1)C1(C(C)c2ccnc(C(=O)N3CCN(C)CC3)c2)NC(=O)N(c2ccc(SC(F)(F)F)cc2)C1=O. The van der Waals surface area contributed by atoms with Crippen LogP contribution < -0.4 is 10.2 Å². The van der Waals surface area contributed by atoms with Gasteiger partial charge in [0.15, 0.2) is 0 Å². The first-order chi connectivity index (χ1) is 24.7. The van der Waals surface area contributed by atoms with Crippen LogP contribution in [0.2, 0.25) is 0 Å². The molecule has 52 heavy (non-hydrogen) atoms. The number of alkyl halides is 3. The average molecular weight is 739 g/mol.